The van der Waals surface area contributed by atoms with Crippen molar-refractivity contribution < 1.29 is 66.2 Å². The maximum Gasteiger partial charge on any atom is 0.490 e. The van der Waals surface area contributed by atoms with Crippen molar-refractivity contribution in [1.82, 2.24) is 57.5 Å². The van der Waals surface area contributed by atoms with Crippen molar-refractivity contribution in [2.75, 3.05) is 31.1 Å². The number of guanidine groups is 2. The number of nitrogens with two attached hydrogens (primary N) is 5. The molecule has 5 aromatic rings. The summed E-state index contributed by atoms with van der Waals surface area (Å²) >= 11 is 0. The van der Waals surface area contributed by atoms with Gasteiger partial charge in [0, 0.05) is 79.3 Å². The molecule has 0 radical (unpaired) electrons. The minimum Gasteiger partial charge on any atom is -0.475 e. The molecule has 0 spiro atoms. The molecule has 0 bridgehead atoms. The fraction of sp³-hybridized carbons (Fsp3) is 0.431. The molecule has 21 N–H and O–H groups in total. The second-order valence-corrected chi connectivity index (χ2v) is 23.7. The molecule has 3 heterocycles. The molecule has 92 heavy (non-hydrogen) atoms. The van der Waals surface area contributed by atoms with E-state index in [-0.39, 0.29) is 94.3 Å². The summed E-state index contributed by atoms with van der Waals surface area (Å²) in [6, 6.07) is 11.1. The summed E-state index contributed by atoms with van der Waals surface area (Å²) in [4.78, 5) is 155. The van der Waals surface area contributed by atoms with E-state index in [1.54, 1.807) is 18.3 Å². The van der Waals surface area contributed by atoms with Crippen LogP contribution in [0.15, 0.2) is 95.4 Å². The Balaban J connectivity index is 0.00000207. The lowest BCUT2D eigenvalue weighted by Crippen LogP contribution is -2.60. The number of aliphatic carboxylic acids is 1. The summed E-state index contributed by atoms with van der Waals surface area (Å²) in [5.41, 5.74) is 30.5. The number of hydrogen-bond acceptors (Lipinski definition) is 15. The number of rotatable bonds is 18. The maximum atomic E-state index is 15.1. The second-order valence-electron chi connectivity index (χ2n) is 21.1. The molecule has 1 aliphatic rings. The van der Waals surface area contributed by atoms with E-state index in [0.29, 0.717) is 29.7 Å². The average molecular weight is 1320 g/mol. The van der Waals surface area contributed by atoms with Crippen LogP contribution in [0.3, 0.4) is 0 Å². The quantitative estimate of drug-likeness (QED) is 0.0233. The van der Waals surface area contributed by atoms with Crippen LogP contribution < -0.4 is 71.2 Å². The maximum absolute atomic E-state index is 15.1. The van der Waals surface area contributed by atoms with Crippen molar-refractivity contribution in [3.63, 3.8) is 0 Å². The highest BCUT2D eigenvalue weighted by Crippen LogP contribution is 2.24. The fourth-order valence-electron chi connectivity index (χ4n) is 9.26. The van der Waals surface area contributed by atoms with Gasteiger partial charge in [-0.1, -0.05) is 102 Å². The minimum atomic E-state index is -5.08. The zero-order chi connectivity index (χ0) is 67.3. The zero-order valence-electron chi connectivity index (χ0n) is 50.1. The number of nitrogens with one attached hydrogen (secondary N) is 10. The van der Waals surface area contributed by atoms with Gasteiger partial charge in [-0.15, -0.1) is 0 Å². The van der Waals surface area contributed by atoms with Gasteiger partial charge < -0.3 is 86.3 Å². The molecule has 9 amide bonds. The number of aromatic nitrogens is 3. The van der Waals surface area contributed by atoms with Crippen LogP contribution in [0.25, 0.3) is 21.7 Å². The average Bonchev–Trinajstić information content (AvgIpc) is 1.92. The lowest BCUT2D eigenvalue weighted by Gasteiger charge is -2.28. The smallest absolute Gasteiger partial charge is 0.475 e. The second kappa shape index (κ2) is 36.9. The summed E-state index contributed by atoms with van der Waals surface area (Å²) in [6.45, 7) is 1.39. The number of H-pyrrole nitrogens is 2. The number of carbonyl (C=O) groups is 10. The molecule has 498 valence electrons. The summed E-state index contributed by atoms with van der Waals surface area (Å²) in [6.07, 6.45) is 0.612. The van der Waals surface area contributed by atoms with Crippen molar-refractivity contribution >= 4 is 114 Å². The van der Waals surface area contributed by atoms with Gasteiger partial charge in [-0.05, 0) is 60.1 Å². The first-order valence-corrected chi connectivity index (χ1v) is 31.6. The molecular weight excluding hydrogens is 1250 g/mol. The molecule has 1 saturated heterocycles. The third-order valence-corrected chi connectivity index (χ3v) is 16.4. The molecule has 6 rings (SSSR count). The van der Waals surface area contributed by atoms with Gasteiger partial charge in [0.1, 0.15) is 42.3 Å². The Morgan fingerprint density at radius 3 is 1.72 bits per heavy atom. The number of carboxylic acids is 1. The number of nitrogens with zero attached hydrogens (tertiary/aromatic N) is 3. The van der Waals surface area contributed by atoms with Crippen molar-refractivity contribution in [3.8, 4) is 0 Å². The Labute approximate surface area is 533 Å². The van der Waals surface area contributed by atoms with E-state index >= 15 is 4.79 Å². The Morgan fingerprint density at radius 2 is 1.15 bits per heavy atom. The Kier molecular flexibility index (Phi) is 29.3. The number of carboxylic acid groups (broad SMARTS) is 1. The number of imidazole rings is 1. The van der Waals surface area contributed by atoms with Gasteiger partial charge in [-0.3, -0.25) is 53.1 Å². The van der Waals surface area contributed by atoms with Crippen molar-refractivity contribution in [1.29, 1.82) is 0 Å². The first kappa shape index (κ1) is 73.1. The molecule has 34 heteroatoms. The van der Waals surface area contributed by atoms with E-state index in [0.717, 1.165) is 32.5 Å². The Morgan fingerprint density at radius 1 is 0.620 bits per heavy atom. The van der Waals surface area contributed by atoms with Gasteiger partial charge >= 0.3 is 12.1 Å². The standard InChI is InChI=1S/C56H76N18O9S2.C2HF3O2/c1-2-3-13-39-50(79)70-40(15-8-20-63-55(58)59)52(81)74-44(26-36-28-62-31-67-36)54(83)72-42(24-32-17-18-33-10-4-5-11-34(33)23-32)53(82)71-41(16-9-21-64-56(60)61)51(80)73-43(25-35-27-65-38-14-7-6-12-37(35)38)49(78)66-29-47(76)69-45(48(57)77)30-85-84-22-19-46(75)68-39;3-2(4,5)1(6)7/h4-7,10-12,14,17-18,23,27-28,31,39-45,65H,2-3,8-9,13,15-16,19-22,24-26,29-30H2,1H3,(H2,57,77)(H,62,67)(H,66,78)(H,68,75)(H,69,76)(H,70,79)(H,71,82)(H,72,83)(H,73,80)(H,74,81)(H4,58,59,63)(H4,60,61,64);(H,6,7)/t39-,40-,41-,42+,43-,44-,45-;/m0./s1. The van der Waals surface area contributed by atoms with Crippen LogP contribution in [0.4, 0.5) is 13.2 Å². The molecule has 29 nitrogen and oxygen atoms in total. The fourth-order valence-corrected chi connectivity index (χ4v) is 11.4. The Bertz CT molecular complexity index is 3400. The summed E-state index contributed by atoms with van der Waals surface area (Å²) in [5.74, 6) is -9.83. The van der Waals surface area contributed by atoms with E-state index in [1.165, 1.54) is 23.3 Å². The van der Waals surface area contributed by atoms with Gasteiger partial charge in [0.25, 0.3) is 0 Å². The van der Waals surface area contributed by atoms with Crippen LogP contribution in [-0.2, 0) is 67.2 Å². The molecule has 1 aliphatic heterocycles. The molecule has 2 aromatic heterocycles. The summed E-state index contributed by atoms with van der Waals surface area (Å²) in [5, 5.41) is 31.5. The number of amides is 9. The number of unbranched alkanes of at least 4 members (excludes halogenated alkanes) is 1. The van der Waals surface area contributed by atoms with Gasteiger partial charge in [0.15, 0.2) is 11.9 Å². The van der Waals surface area contributed by atoms with E-state index in [9.17, 15) is 51.5 Å². The van der Waals surface area contributed by atoms with Gasteiger partial charge in [0.2, 0.25) is 53.2 Å². The number of benzene rings is 3. The van der Waals surface area contributed by atoms with E-state index in [2.05, 4.69) is 67.5 Å². The predicted molar refractivity (Wildman–Crippen MR) is 340 cm³/mol. The number of para-hydroxylation sites is 1. The zero-order valence-corrected chi connectivity index (χ0v) is 51.8. The van der Waals surface area contributed by atoms with E-state index in [1.807, 2.05) is 61.5 Å². The number of aliphatic imine (C=N–C) groups is 2. The van der Waals surface area contributed by atoms with Crippen LogP contribution in [0.5, 0.6) is 0 Å². The highest BCUT2D eigenvalue weighted by Gasteiger charge is 2.39. The predicted octanol–water partition coefficient (Wildman–Crippen LogP) is -0.217. The lowest BCUT2D eigenvalue weighted by molar-refractivity contribution is -0.192. The molecule has 3 aromatic carbocycles. The van der Waals surface area contributed by atoms with Crippen molar-refractivity contribution in [2.24, 2.45) is 38.7 Å². The van der Waals surface area contributed by atoms with Crippen molar-refractivity contribution in [3.05, 3.63) is 102 Å². The largest absolute Gasteiger partial charge is 0.490 e. The van der Waals surface area contributed by atoms with Gasteiger partial charge in [0.05, 0.1) is 12.9 Å². The number of fused-ring (bicyclic) bond motifs is 2. The third kappa shape index (κ3) is 25.0. The van der Waals surface area contributed by atoms with Crippen LogP contribution in [-0.4, -0.2) is 171 Å². The van der Waals surface area contributed by atoms with Crippen LogP contribution >= 0.6 is 21.6 Å². The summed E-state index contributed by atoms with van der Waals surface area (Å²) < 4.78 is 31.7. The highest BCUT2D eigenvalue weighted by atomic mass is 33.1. The topological polar surface area (TPSA) is 486 Å². The lowest BCUT2D eigenvalue weighted by atomic mass is 9.99. The van der Waals surface area contributed by atoms with Crippen LogP contribution in [0.2, 0.25) is 0 Å². The van der Waals surface area contributed by atoms with Gasteiger partial charge in [-0.2, -0.15) is 13.2 Å². The number of halogens is 3. The minimum absolute atomic E-state index is 0.0159. The van der Waals surface area contributed by atoms with Crippen LogP contribution in [0.1, 0.15) is 75.1 Å². The first-order valence-electron chi connectivity index (χ1n) is 29.1. The first-order chi connectivity index (χ1) is 43.8. The molecule has 1 fully saturated rings. The van der Waals surface area contributed by atoms with E-state index in [4.69, 9.17) is 38.6 Å². The molecule has 0 saturated carbocycles. The molecular formula is C58H77F3N18O11S2. The third-order valence-electron chi connectivity index (χ3n) is 14.0. The number of hydrogen-bond donors (Lipinski definition) is 16. The summed E-state index contributed by atoms with van der Waals surface area (Å²) in [7, 11) is 2.37. The molecule has 7 atom stereocenters. The Hall–Kier alpha value is -9.60. The monoisotopic (exact) mass is 1320 g/mol. The normalized spacial score (nSPS) is 20.7. The number of alkyl halides is 3. The number of aromatic amines is 2. The van der Waals surface area contributed by atoms with Crippen molar-refractivity contribution in [2.45, 2.75) is 126 Å². The van der Waals surface area contributed by atoms with Crippen LogP contribution in [0, 0.1) is 0 Å². The highest BCUT2D eigenvalue weighted by molar-refractivity contribution is 8.76. The number of carbonyl (C=O) groups excluding carboxylic acids is 9. The van der Waals surface area contributed by atoms with Gasteiger partial charge in [-0.25, -0.2) is 9.78 Å². The number of primary amides is 1. The SMILES string of the molecule is CCCC[C@@H]1NC(=O)CCSSC[C@@H](C(N)=O)NC(=O)CNC(=O)[C@H](Cc2c[nH]c3ccccc23)NC(=O)[C@H](CCCN=C(N)N)NC(=O)[C@@H](Cc2ccc3ccccc3c2)NC(=O)[C@H](Cc2cnc[nH]2)NC(=O)[C@H](CCCN=C(N)N)NC1=O.O=C(O)C(F)(F)F. The van der Waals surface area contributed by atoms with E-state index < -0.39 is 114 Å². The molecule has 0 unspecified atom stereocenters. The molecule has 0 aliphatic carbocycles.